The highest BCUT2D eigenvalue weighted by atomic mass is 32.2. The lowest BCUT2D eigenvalue weighted by atomic mass is 9.87. The van der Waals surface area contributed by atoms with Gasteiger partial charge in [-0.3, -0.25) is 14.9 Å². The maximum Gasteiger partial charge on any atom is 0.257 e. The molecule has 2 N–H and O–H groups in total. The van der Waals surface area contributed by atoms with Gasteiger partial charge in [-0.05, 0) is 35.2 Å². The van der Waals surface area contributed by atoms with Gasteiger partial charge in [0.25, 0.3) is 5.91 Å². The van der Waals surface area contributed by atoms with Crippen molar-refractivity contribution >= 4 is 45.7 Å². The zero-order valence-electron chi connectivity index (χ0n) is 16.4. The van der Waals surface area contributed by atoms with Crippen LogP contribution in [0.3, 0.4) is 0 Å². The Bertz CT molecular complexity index is 980. The molecule has 2 aromatic carbocycles. The smallest absolute Gasteiger partial charge is 0.257 e. The summed E-state index contributed by atoms with van der Waals surface area (Å²) in [6.07, 6.45) is 0. The second-order valence-electron chi connectivity index (χ2n) is 7.36. The number of amides is 2. The van der Waals surface area contributed by atoms with E-state index in [2.05, 4.69) is 41.6 Å². The van der Waals surface area contributed by atoms with Gasteiger partial charge in [0.15, 0.2) is 4.34 Å². The molecule has 150 valence electrons. The van der Waals surface area contributed by atoms with E-state index in [1.54, 1.807) is 12.1 Å². The Labute approximate surface area is 178 Å². The number of thioether (sulfide) groups is 1. The van der Waals surface area contributed by atoms with Crippen LogP contribution in [0, 0.1) is 0 Å². The molecule has 0 saturated heterocycles. The predicted octanol–water partition coefficient (Wildman–Crippen LogP) is 4.82. The number of nitrogens with zero attached hydrogens (tertiary/aromatic N) is 2. The van der Waals surface area contributed by atoms with Gasteiger partial charge in [-0.15, -0.1) is 10.2 Å². The Morgan fingerprint density at radius 3 is 2.31 bits per heavy atom. The van der Waals surface area contributed by atoms with Crippen molar-refractivity contribution in [2.45, 2.75) is 30.5 Å². The van der Waals surface area contributed by atoms with Crippen LogP contribution < -0.4 is 10.6 Å². The van der Waals surface area contributed by atoms with Crippen LogP contribution in [-0.2, 0) is 10.2 Å². The van der Waals surface area contributed by atoms with Crippen molar-refractivity contribution in [3.05, 3.63) is 65.7 Å². The lowest BCUT2D eigenvalue weighted by molar-refractivity contribution is -0.113. The van der Waals surface area contributed by atoms with Crippen LogP contribution in [0.1, 0.15) is 36.7 Å². The van der Waals surface area contributed by atoms with Gasteiger partial charge in [0, 0.05) is 11.3 Å². The van der Waals surface area contributed by atoms with Crippen molar-refractivity contribution in [1.82, 2.24) is 10.2 Å². The van der Waals surface area contributed by atoms with Crippen LogP contribution in [-0.4, -0.2) is 27.8 Å². The van der Waals surface area contributed by atoms with E-state index in [9.17, 15) is 9.59 Å². The molecule has 0 unspecified atom stereocenters. The highest BCUT2D eigenvalue weighted by Crippen LogP contribution is 2.26. The molecular weight excluding hydrogens is 404 g/mol. The van der Waals surface area contributed by atoms with Gasteiger partial charge in [-0.1, -0.05) is 74.2 Å². The molecule has 3 aromatic rings. The van der Waals surface area contributed by atoms with Crippen LogP contribution in [0.5, 0.6) is 0 Å². The van der Waals surface area contributed by atoms with Gasteiger partial charge in [-0.25, -0.2) is 0 Å². The van der Waals surface area contributed by atoms with Gasteiger partial charge in [0.1, 0.15) is 0 Å². The zero-order valence-corrected chi connectivity index (χ0v) is 18.1. The monoisotopic (exact) mass is 426 g/mol. The fraction of sp³-hybridized carbons (Fsp3) is 0.238. The topological polar surface area (TPSA) is 84.0 Å². The fourth-order valence-electron chi connectivity index (χ4n) is 2.46. The van der Waals surface area contributed by atoms with E-state index in [4.69, 9.17) is 0 Å². The number of benzene rings is 2. The van der Waals surface area contributed by atoms with Crippen LogP contribution in [0.25, 0.3) is 0 Å². The summed E-state index contributed by atoms with van der Waals surface area (Å²) < 4.78 is 0.617. The highest BCUT2D eigenvalue weighted by Gasteiger charge is 2.15. The van der Waals surface area contributed by atoms with Gasteiger partial charge in [-0.2, -0.15) is 0 Å². The summed E-state index contributed by atoms with van der Waals surface area (Å²) in [5.74, 6) is -0.146. The molecule has 1 aromatic heterocycles. The first-order valence-electron chi connectivity index (χ1n) is 9.04. The third kappa shape index (κ3) is 6.13. The van der Waals surface area contributed by atoms with Crippen molar-refractivity contribution in [3.8, 4) is 0 Å². The van der Waals surface area contributed by atoms with Crippen molar-refractivity contribution in [2.24, 2.45) is 0 Å². The van der Waals surface area contributed by atoms with Crippen LogP contribution in [0.15, 0.2) is 58.9 Å². The number of anilines is 2. The minimum atomic E-state index is -0.236. The Morgan fingerprint density at radius 2 is 1.66 bits per heavy atom. The molecule has 0 fully saturated rings. The van der Waals surface area contributed by atoms with Crippen molar-refractivity contribution < 1.29 is 9.59 Å². The number of hydrogen-bond acceptors (Lipinski definition) is 6. The fourth-order valence-corrected chi connectivity index (χ4v) is 4.00. The molecule has 0 aliphatic carbocycles. The second-order valence-corrected chi connectivity index (χ2v) is 9.56. The first-order chi connectivity index (χ1) is 13.8. The average molecular weight is 427 g/mol. The van der Waals surface area contributed by atoms with Gasteiger partial charge >= 0.3 is 0 Å². The Balaban J connectivity index is 1.52. The van der Waals surface area contributed by atoms with E-state index < -0.39 is 0 Å². The molecule has 1 heterocycles. The molecule has 8 heteroatoms. The molecule has 0 aliphatic rings. The Hall–Kier alpha value is -2.71. The van der Waals surface area contributed by atoms with Crippen LogP contribution in [0.4, 0.5) is 10.8 Å². The maximum absolute atomic E-state index is 12.4. The van der Waals surface area contributed by atoms with Crippen LogP contribution >= 0.6 is 23.1 Å². The molecule has 0 spiro atoms. The molecule has 0 bridgehead atoms. The molecule has 3 rings (SSSR count). The van der Waals surface area contributed by atoms with Gasteiger partial charge in [0.2, 0.25) is 11.0 Å². The molecule has 0 saturated carbocycles. The Kier molecular flexibility index (Phi) is 6.66. The van der Waals surface area contributed by atoms with E-state index in [-0.39, 0.29) is 23.0 Å². The summed E-state index contributed by atoms with van der Waals surface area (Å²) in [6, 6.07) is 16.8. The number of carbonyl (C=O) groups excluding carboxylic acids is 2. The molecule has 0 atom stereocenters. The summed E-state index contributed by atoms with van der Waals surface area (Å²) in [6.45, 7) is 6.38. The zero-order chi connectivity index (χ0) is 20.9. The summed E-state index contributed by atoms with van der Waals surface area (Å²) in [7, 11) is 0. The van der Waals surface area contributed by atoms with E-state index in [1.807, 2.05) is 42.5 Å². The number of hydrogen-bond donors (Lipinski definition) is 2. The first kappa shape index (κ1) is 21.0. The van der Waals surface area contributed by atoms with E-state index in [0.717, 1.165) is 11.3 Å². The average Bonchev–Trinajstić information content (AvgIpc) is 3.14. The molecular formula is C21H22N4O2S2. The standard InChI is InChI=1S/C21H22N4O2S2/c1-21(2,3)15-11-9-14(10-12-15)18(27)23-19-24-25-20(29-19)28-13-17(26)22-16-7-5-4-6-8-16/h4-12H,13H2,1-3H3,(H,22,26)(H,23,24,27). The SMILES string of the molecule is CC(C)(C)c1ccc(C(=O)Nc2nnc(SCC(=O)Nc3ccccc3)s2)cc1. The number of carbonyl (C=O) groups is 2. The largest absolute Gasteiger partial charge is 0.325 e. The highest BCUT2D eigenvalue weighted by molar-refractivity contribution is 8.01. The quantitative estimate of drug-likeness (QED) is 0.436. The normalized spacial score (nSPS) is 11.1. The van der Waals surface area contributed by atoms with Crippen molar-refractivity contribution in [3.63, 3.8) is 0 Å². The number of aromatic nitrogens is 2. The van der Waals surface area contributed by atoms with E-state index in [0.29, 0.717) is 15.0 Å². The lowest BCUT2D eigenvalue weighted by Crippen LogP contribution is -2.14. The molecule has 6 nitrogen and oxygen atoms in total. The number of rotatable bonds is 6. The first-order valence-corrected chi connectivity index (χ1v) is 10.8. The van der Waals surface area contributed by atoms with Gasteiger partial charge in [0.05, 0.1) is 5.75 Å². The molecule has 0 radical (unpaired) electrons. The molecule has 29 heavy (non-hydrogen) atoms. The predicted molar refractivity (Wildman–Crippen MR) is 119 cm³/mol. The summed E-state index contributed by atoms with van der Waals surface area (Å²) in [4.78, 5) is 24.4. The minimum Gasteiger partial charge on any atom is -0.325 e. The molecule has 2 amide bonds. The summed E-state index contributed by atoms with van der Waals surface area (Å²) >= 11 is 2.52. The van der Waals surface area contributed by atoms with Gasteiger partial charge < -0.3 is 5.32 Å². The minimum absolute atomic E-state index is 0.0349. The third-order valence-corrected chi connectivity index (χ3v) is 6.00. The summed E-state index contributed by atoms with van der Waals surface area (Å²) in [5, 5.41) is 14.0. The number of para-hydroxylation sites is 1. The second kappa shape index (κ2) is 9.19. The lowest BCUT2D eigenvalue weighted by Gasteiger charge is -2.18. The van der Waals surface area contributed by atoms with E-state index in [1.165, 1.54) is 23.1 Å². The molecule has 0 aliphatic heterocycles. The van der Waals surface area contributed by atoms with Crippen molar-refractivity contribution in [1.29, 1.82) is 0 Å². The van der Waals surface area contributed by atoms with Crippen LogP contribution in [0.2, 0.25) is 0 Å². The van der Waals surface area contributed by atoms with Crippen molar-refractivity contribution in [2.75, 3.05) is 16.4 Å². The Morgan fingerprint density at radius 1 is 0.966 bits per heavy atom. The number of nitrogens with one attached hydrogen (secondary N) is 2. The summed E-state index contributed by atoms with van der Waals surface area (Å²) in [5.41, 5.74) is 2.51. The third-order valence-electron chi connectivity index (χ3n) is 4.02. The van der Waals surface area contributed by atoms with E-state index >= 15 is 0 Å². The maximum atomic E-state index is 12.4.